The number of rotatable bonds is 3. The summed E-state index contributed by atoms with van der Waals surface area (Å²) < 4.78 is 0. The number of halogens is 1. The van der Waals surface area contributed by atoms with Gasteiger partial charge in [0.2, 0.25) is 0 Å². The van der Waals surface area contributed by atoms with Crippen molar-refractivity contribution in [3.63, 3.8) is 0 Å². The molecule has 8 heteroatoms. The number of nitrogens with one attached hydrogen (secondary N) is 3. The van der Waals surface area contributed by atoms with Crippen molar-refractivity contribution < 1.29 is 4.79 Å². The van der Waals surface area contributed by atoms with E-state index >= 15 is 0 Å². The van der Waals surface area contributed by atoms with Crippen LogP contribution in [0.3, 0.4) is 0 Å². The normalized spacial score (nSPS) is 10.8. The van der Waals surface area contributed by atoms with E-state index in [1.807, 2.05) is 54.8 Å². The summed E-state index contributed by atoms with van der Waals surface area (Å²) in [6, 6.07) is 15.0. The number of thiophene rings is 1. The topological polar surface area (TPSA) is 69.8 Å². The number of amides is 1. The van der Waals surface area contributed by atoms with Crippen LogP contribution in [0.4, 0.5) is 5.69 Å². The van der Waals surface area contributed by atoms with Gasteiger partial charge in [-0.2, -0.15) is 0 Å². The molecule has 0 aliphatic heterocycles. The molecule has 3 N–H and O–H groups in total. The number of anilines is 1. The van der Waals surface area contributed by atoms with Gasteiger partial charge in [-0.05, 0) is 72.5 Å². The van der Waals surface area contributed by atoms with Crippen molar-refractivity contribution in [1.29, 1.82) is 0 Å². The zero-order valence-corrected chi connectivity index (χ0v) is 17.1. The van der Waals surface area contributed by atoms with Gasteiger partial charge < -0.3 is 10.3 Å². The Morgan fingerprint density at radius 2 is 2.00 bits per heavy atom. The fraction of sp³-hybridized carbons (Fsp3) is 0.0500. The lowest BCUT2D eigenvalue weighted by Gasteiger charge is -2.09. The quantitative estimate of drug-likeness (QED) is 0.384. The monoisotopic (exact) mass is 426 g/mol. The molecule has 2 aromatic carbocycles. The zero-order chi connectivity index (χ0) is 19.7. The van der Waals surface area contributed by atoms with Gasteiger partial charge in [0.1, 0.15) is 5.82 Å². The van der Waals surface area contributed by atoms with Crippen molar-refractivity contribution in [1.82, 2.24) is 15.3 Å². The first kappa shape index (κ1) is 18.6. The Bertz CT molecular complexity index is 1130. The molecular weight excluding hydrogens is 412 g/mol. The maximum Gasteiger partial charge on any atom is 0.267 e. The van der Waals surface area contributed by atoms with Gasteiger partial charge in [-0.15, -0.1) is 11.3 Å². The summed E-state index contributed by atoms with van der Waals surface area (Å²) >= 11 is 12.8. The number of hydrogen-bond acceptors (Lipinski definition) is 4. The van der Waals surface area contributed by atoms with Gasteiger partial charge >= 0.3 is 0 Å². The first-order chi connectivity index (χ1) is 13.5. The highest BCUT2D eigenvalue weighted by Crippen LogP contribution is 2.26. The number of aromatic amines is 1. The summed E-state index contributed by atoms with van der Waals surface area (Å²) in [7, 11) is 0. The lowest BCUT2D eigenvalue weighted by Crippen LogP contribution is -2.33. The number of aryl methyl sites for hydroxylation is 1. The van der Waals surface area contributed by atoms with E-state index in [2.05, 4.69) is 20.6 Å². The van der Waals surface area contributed by atoms with Crippen LogP contribution in [0.25, 0.3) is 22.4 Å². The highest BCUT2D eigenvalue weighted by atomic mass is 35.5. The van der Waals surface area contributed by atoms with E-state index in [-0.39, 0.29) is 11.0 Å². The van der Waals surface area contributed by atoms with E-state index < -0.39 is 0 Å². The molecule has 0 aliphatic carbocycles. The lowest BCUT2D eigenvalue weighted by atomic mass is 10.2. The fourth-order valence-electron chi connectivity index (χ4n) is 2.72. The minimum absolute atomic E-state index is 0.222. The largest absolute Gasteiger partial charge is 0.338 e. The number of hydrogen-bond donors (Lipinski definition) is 3. The third-order valence-corrected chi connectivity index (χ3v) is 5.63. The number of H-pyrrole nitrogens is 1. The predicted octanol–water partition coefficient (Wildman–Crippen LogP) is 5.38. The second-order valence-electron chi connectivity index (χ2n) is 6.17. The van der Waals surface area contributed by atoms with Crippen LogP contribution in [-0.4, -0.2) is 21.0 Å². The molecule has 4 aromatic rings. The summed E-state index contributed by atoms with van der Waals surface area (Å²) in [6.07, 6.45) is 0. The van der Waals surface area contributed by atoms with Gasteiger partial charge in [0.05, 0.1) is 15.9 Å². The van der Waals surface area contributed by atoms with Crippen molar-refractivity contribution in [2.75, 3.05) is 5.32 Å². The summed E-state index contributed by atoms with van der Waals surface area (Å²) in [4.78, 5) is 20.6. The summed E-state index contributed by atoms with van der Waals surface area (Å²) in [5, 5.41) is 8.47. The van der Waals surface area contributed by atoms with E-state index in [0.29, 0.717) is 9.90 Å². The molecule has 5 nitrogen and oxygen atoms in total. The fourth-order valence-corrected chi connectivity index (χ4v) is 3.71. The Morgan fingerprint density at radius 3 is 2.71 bits per heavy atom. The van der Waals surface area contributed by atoms with Crippen molar-refractivity contribution in [2.45, 2.75) is 6.92 Å². The van der Waals surface area contributed by atoms with Crippen LogP contribution >= 0.6 is 35.2 Å². The molecule has 2 aromatic heterocycles. The molecule has 0 aliphatic rings. The smallest absolute Gasteiger partial charge is 0.267 e. The maximum atomic E-state index is 12.0. The molecule has 0 unspecified atom stereocenters. The van der Waals surface area contributed by atoms with E-state index in [1.165, 1.54) is 11.3 Å². The van der Waals surface area contributed by atoms with Crippen LogP contribution in [-0.2, 0) is 0 Å². The number of nitrogens with zero attached hydrogens (tertiary/aromatic N) is 1. The number of aromatic nitrogens is 2. The van der Waals surface area contributed by atoms with Gasteiger partial charge in [0.25, 0.3) is 5.91 Å². The summed E-state index contributed by atoms with van der Waals surface area (Å²) in [5.74, 6) is 0.539. The molecular formula is C20H15ClN4OS2. The number of benzene rings is 2. The highest BCUT2D eigenvalue weighted by Gasteiger charge is 2.10. The zero-order valence-electron chi connectivity index (χ0n) is 14.7. The van der Waals surface area contributed by atoms with Crippen LogP contribution in [0.2, 0.25) is 5.02 Å². The number of carbonyl (C=O) groups excluding carboxylic acids is 1. The first-order valence-corrected chi connectivity index (χ1v) is 10.1. The third kappa shape index (κ3) is 3.91. The molecule has 2 heterocycles. The van der Waals surface area contributed by atoms with Gasteiger partial charge in [0.15, 0.2) is 5.11 Å². The Hall–Kier alpha value is -2.74. The molecule has 0 bridgehead atoms. The van der Waals surface area contributed by atoms with Crippen LogP contribution in [0, 0.1) is 6.92 Å². The molecule has 1 amide bonds. The highest BCUT2D eigenvalue weighted by molar-refractivity contribution is 7.80. The van der Waals surface area contributed by atoms with E-state index in [0.717, 1.165) is 33.7 Å². The molecule has 0 fully saturated rings. The van der Waals surface area contributed by atoms with Crippen molar-refractivity contribution in [2.24, 2.45) is 0 Å². The maximum absolute atomic E-state index is 12.0. The third-order valence-electron chi connectivity index (χ3n) is 4.15. The first-order valence-electron chi connectivity index (χ1n) is 8.42. The average molecular weight is 427 g/mol. The minimum atomic E-state index is -0.222. The molecule has 0 atom stereocenters. The van der Waals surface area contributed by atoms with Crippen molar-refractivity contribution in [3.8, 4) is 11.4 Å². The Balaban J connectivity index is 1.46. The van der Waals surface area contributed by atoms with Gasteiger partial charge in [0, 0.05) is 16.3 Å². The van der Waals surface area contributed by atoms with Gasteiger partial charge in [-0.3, -0.25) is 10.1 Å². The molecule has 0 spiro atoms. The summed E-state index contributed by atoms with van der Waals surface area (Å²) in [5.41, 5.74) is 4.48. The number of imidazole rings is 1. The second kappa shape index (κ2) is 7.71. The van der Waals surface area contributed by atoms with Gasteiger partial charge in [-0.1, -0.05) is 17.7 Å². The Kier molecular flexibility index (Phi) is 5.13. The molecule has 0 saturated heterocycles. The number of fused-ring (bicyclic) bond motifs is 1. The van der Waals surface area contributed by atoms with Crippen LogP contribution in [0.5, 0.6) is 0 Å². The standard InChI is InChI=1S/C20H15ClN4OS2/c1-11-9-15-16(10-14(11)21)24-18(23-15)12-4-6-13(7-5-12)22-20(27)25-19(26)17-3-2-8-28-17/h2-10H,1H3,(H,23,24)(H2,22,25,26,27). The molecule has 140 valence electrons. The van der Waals surface area contributed by atoms with Crippen molar-refractivity contribution in [3.05, 3.63) is 69.4 Å². The Morgan fingerprint density at radius 1 is 1.21 bits per heavy atom. The van der Waals surface area contributed by atoms with Crippen molar-refractivity contribution >= 4 is 62.9 Å². The van der Waals surface area contributed by atoms with Crippen LogP contribution in [0.1, 0.15) is 15.2 Å². The minimum Gasteiger partial charge on any atom is -0.338 e. The molecule has 0 radical (unpaired) electrons. The predicted molar refractivity (Wildman–Crippen MR) is 119 cm³/mol. The second-order valence-corrected chi connectivity index (χ2v) is 7.93. The summed E-state index contributed by atoms with van der Waals surface area (Å²) in [6.45, 7) is 1.96. The molecule has 0 saturated carbocycles. The van der Waals surface area contributed by atoms with Crippen LogP contribution < -0.4 is 10.6 Å². The van der Waals surface area contributed by atoms with Gasteiger partial charge in [-0.25, -0.2) is 4.98 Å². The molecule has 4 rings (SSSR count). The lowest BCUT2D eigenvalue weighted by molar-refractivity contribution is 0.0981. The SMILES string of the molecule is Cc1cc2[nH]c(-c3ccc(NC(=S)NC(=O)c4cccs4)cc3)nc2cc1Cl. The Labute approximate surface area is 175 Å². The number of thiocarbonyl (C=S) groups is 1. The van der Waals surface area contributed by atoms with E-state index in [1.54, 1.807) is 6.07 Å². The average Bonchev–Trinajstić information content (AvgIpc) is 3.32. The number of carbonyl (C=O) groups is 1. The molecule has 28 heavy (non-hydrogen) atoms. The van der Waals surface area contributed by atoms with Crippen LogP contribution in [0.15, 0.2) is 53.9 Å². The van der Waals surface area contributed by atoms with E-state index in [4.69, 9.17) is 23.8 Å². The van der Waals surface area contributed by atoms with E-state index in [9.17, 15) is 4.79 Å².